The molecule has 1 heterocycles. The van der Waals surface area contributed by atoms with Crippen LogP contribution in [0.2, 0.25) is 0 Å². The highest BCUT2D eigenvalue weighted by Crippen LogP contribution is 2.33. The molecule has 1 atom stereocenters. The molecule has 7 nitrogen and oxygen atoms in total. The molecule has 1 aliphatic heterocycles. The second-order valence-electron chi connectivity index (χ2n) is 8.53. The van der Waals surface area contributed by atoms with Crippen molar-refractivity contribution in [2.75, 3.05) is 44.4 Å². The predicted octanol–water partition coefficient (Wildman–Crippen LogP) is 2.92. The first-order valence-corrected chi connectivity index (χ1v) is 11.9. The van der Waals surface area contributed by atoms with E-state index in [-0.39, 0.29) is 12.6 Å². The second-order valence-corrected chi connectivity index (χ2v) is 8.53. The van der Waals surface area contributed by atoms with Crippen molar-refractivity contribution in [1.29, 1.82) is 0 Å². The first kappa shape index (κ1) is 24.9. The Bertz CT molecular complexity index is 918. The maximum absolute atomic E-state index is 12.2. The Balaban J connectivity index is 1.54. The van der Waals surface area contributed by atoms with Gasteiger partial charge >= 0.3 is 0 Å². The van der Waals surface area contributed by atoms with Gasteiger partial charge in [0.05, 0.1) is 17.9 Å². The molecule has 0 aromatic heterocycles. The van der Waals surface area contributed by atoms with E-state index in [1.54, 1.807) is 0 Å². The van der Waals surface area contributed by atoms with Gasteiger partial charge in [-0.05, 0) is 61.9 Å². The van der Waals surface area contributed by atoms with E-state index >= 15 is 0 Å². The van der Waals surface area contributed by atoms with Crippen molar-refractivity contribution in [3.05, 3.63) is 53.1 Å². The van der Waals surface area contributed by atoms with Crippen molar-refractivity contribution in [2.24, 2.45) is 5.73 Å². The van der Waals surface area contributed by atoms with Crippen LogP contribution >= 0.6 is 0 Å². The first-order chi connectivity index (χ1) is 16.0. The minimum Gasteiger partial charge on any atom is -0.490 e. The summed E-state index contributed by atoms with van der Waals surface area (Å²) >= 11 is 0. The van der Waals surface area contributed by atoms with Crippen molar-refractivity contribution in [2.45, 2.75) is 45.6 Å². The monoisotopic (exact) mass is 455 g/mol. The summed E-state index contributed by atoms with van der Waals surface area (Å²) in [6.07, 6.45) is 3.32. The fourth-order valence-electron chi connectivity index (χ4n) is 4.28. The average Bonchev–Trinajstić information content (AvgIpc) is 3.21. The quantitative estimate of drug-likeness (QED) is 0.379. The Morgan fingerprint density at radius 1 is 1.21 bits per heavy atom. The molecule has 0 saturated carbocycles. The Morgan fingerprint density at radius 2 is 1.94 bits per heavy atom. The van der Waals surface area contributed by atoms with Crippen molar-refractivity contribution < 1.29 is 19.4 Å². The number of amides is 1. The number of primary amides is 1. The lowest BCUT2D eigenvalue weighted by atomic mass is 9.98. The Labute approximate surface area is 196 Å². The van der Waals surface area contributed by atoms with E-state index in [2.05, 4.69) is 30.1 Å². The number of rotatable bonds is 14. The topological polar surface area (TPSA) is 97.1 Å². The molecule has 4 N–H and O–H groups in total. The Hall–Kier alpha value is -2.77. The minimum atomic E-state index is -0.401. The van der Waals surface area contributed by atoms with Crippen molar-refractivity contribution in [3.63, 3.8) is 0 Å². The number of nitrogens with two attached hydrogens (primary N) is 1. The summed E-state index contributed by atoms with van der Waals surface area (Å²) in [4.78, 5) is 14.3. The van der Waals surface area contributed by atoms with E-state index in [0.717, 1.165) is 55.1 Å². The maximum Gasteiger partial charge on any atom is 0.250 e. The summed E-state index contributed by atoms with van der Waals surface area (Å²) in [5.74, 6) is 1.13. The molecule has 33 heavy (non-hydrogen) atoms. The van der Waals surface area contributed by atoms with Crippen molar-refractivity contribution >= 4 is 11.6 Å². The molecule has 0 unspecified atom stereocenters. The summed E-state index contributed by atoms with van der Waals surface area (Å²) in [6.45, 7) is 7.84. The van der Waals surface area contributed by atoms with Gasteiger partial charge in [-0.2, -0.15) is 0 Å². The number of para-hydroxylation sites is 2. The summed E-state index contributed by atoms with van der Waals surface area (Å²) < 4.78 is 11.7. The molecule has 0 aliphatic carbocycles. The summed E-state index contributed by atoms with van der Waals surface area (Å²) in [6, 6.07) is 12.1. The van der Waals surface area contributed by atoms with Crippen LogP contribution < -0.4 is 25.4 Å². The molecule has 0 radical (unpaired) electrons. The van der Waals surface area contributed by atoms with Crippen LogP contribution in [-0.2, 0) is 12.8 Å². The molecular weight excluding hydrogens is 418 g/mol. The normalized spacial score (nSPS) is 13.6. The van der Waals surface area contributed by atoms with Crippen LogP contribution in [0.3, 0.4) is 0 Å². The van der Waals surface area contributed by atoms with Gasteiger partial charge in [-0.25, -0.2) is 0 Å². The highest BCUT2D eigenvalue weighted by atomic mass is 16.5. The lowest BCUT2D eigenvalue weighted by Crippen LogP contribution is -2.32. The van der Waals surface area contributed by atoms with E-state index < -0.39 is 5.91 Å². The average molecular weight is 456 g/mol. The molecule has 0 bridgehead atoms. The molecule has 3 rings (SSSR count). The maximum atomic E-state index is 12.2. The fourth-order valence-corrected chi connectivity index (χ4v) is 4.28. The third-order valence-electron chi connectivity index (χ3n) is 5.77. The van der Waals surface area contributed by atoms with Crippen molar-refractivity contribution in [3.8, 4) is 11.5 Å². The van der Waals surface area contributed by atoms with Gasteiger partial charge in [0.25, 0.3) is 5.91 Å². The predicted molar refractivity (Wildman–Crippen MR) is 131 cm³/mol. The number of anilines is 1. The van der Waals surface area contributed by atoms with Gasteiger partial charge in [0.15, 0.2) is 11.5 Å². The number of fused-ring (bicyclic) bond motifs is 1. The summed E-state index contributed by atoms with van der Waals surface area (Å²) in [7, 11) is 0. The molecule has 1 aliphatic rings. The molecule has 0 fully saturated rings. The van der Waals surface area contributed by atoms with Crippen LogP contribution in [0.15, 0.2) is 36.4 Å². The van der Waals surface area contributed by atoms with E-state index in [9.17, 15) is 4.79 Å². The van der Waals surface area contributed by atoms with Gasteiger partial charge in [-0.15, -0.1) is 0 Å². The highest BCUT2D eigenvalue weighted by Gasteiger charge is 2.25. The third-order valence-corrected chi connectivity index (χ3v) is 5.77. The van der Waals surface area contributed by atoms with Crippen LogP contribution in [0, 0.1) is 0 Å². The number of hydrogen-bond acceptors (Lipinski definition) is 6. The number of hydrogen-bond donors (Lipinski definition) is 3. The lowest BCUT2D eigenvalue weighted by Gasteiger charge is -2.22. The number of carbonyl (C=O) groups excluding carboxylic acids is 1. The number of aliphatic hydroxyl groups excluding tert-OH is 1. The van der Waals surface area contributed by atoms with E-state index in [1.807, 2.05) is 30.3 Å². The zero-order chi connectivity index (χ0) is 23.6. The van der Waals surface area contributed by atoms with E-state index in [0.29, 0.717) is 31.7 Å². The number of aliphatic hydroxyl groups is 1. The summed E-state index contributed by atoms with van der Waals surface area (Å²) in [5.41, 5.74) is 9.51. The van der Waals surface area contributed by atoms with E-state index in [4.69, 9.17) is 20.3 Å². The van der Waals surface area contributed by atoms with Gasteiger partial charge in [0.2, 0.25) is 0 Å². The molecule has 2 aromatic carbocycles. The Morgan fingerprint density at radius 3 is 2.61 bits per heavy atom. The van der Waals surface area contributed by atoms with Crippen molar-refractivity contribution in [1.82, 2.24) is 5.32 Å². The van der Waals surface area contributed by atoms with Crippen LogP contribution in [0.1, 0.15) is 48.2 Å². The number of nitrogens with one attached hydrogen (secondary N) is 1. The minimum absolute atomic E-state index is 0.139. The molecule has 1 amide bonds. The van der Waals surface area contributed by atoms with Gasteiger partial charge in [-0.3, -0.25) is 4.79 Å². The van der Waals surface area contributed by atoms with Gasteiger partial charge in [0.1, 0.15) is 6.61 Å². The SMILES string of the molecule is CCCOc1ccccc1OCCN[C@H](C)Cc1cc2c(c(C(N)=O)c1)N(CCCO)CC2. The first-order valence-electron chi connectivity index (χ1n) is 11.9. The lowest BCUT2D eigenvalue weighted by molar-refractivity contribution is 0.100. The molecule has 0 saturated heterocycles. The van der Waals surface area contributed by atoms with Crippen LogP contribution in [-0.4, -0.2) is 56.5 Å². The van der Waals surface area contributed by atoms with Crippen LogP contribution in [0.5, 0.6) is 11.5 Å². The molecule has 0 spiro atoms. The largest absolute Gasteiger partial charge is 0.490 e. The zero-order valence-electron chi connectivity index (χ0n) is 19.8. The smallest absolute Gasteiger partial charge is 0.250 e. The van der Waals surface area contributed by atoms with Crippen LogP contribution in [0.4, 0.5) is 5.69 Å². The zero-order valence-corrected chi connectivity index (χ0v) is 19.8. The second kappa shape index (κ2) is 12.5. The Kier molecular flexibility index (Phi) is 9.39. The molecule has 180 valence electrons. The highest BCUT2D eigenvalue weighted by molar-refractivity contribution is 6.00. The fraction of sp³-hybridized carbons (Fsp3) is 0.500. The van der Waals surface area contributed by atoms with Gasteiger partial charge in [0, 0.05) is 32.3 Å². The third kappa shape index (κ3) is 6.85. The number of benzene rings is 2. The summed E-state index contributed by atoms with van der Waals surface area (Å²) in [5, 5.41) is 12.7. The molecule has 2 aromatic rings. The number of nitrogens with zero attached hydrogens (tertiary/aromatic N) is 1. The van der Waals surface area contributed by atoms with E-state index in [1.165, 1.54) is 5.56 Å². The number of ether oxygens (including phenoxy) is 2. The van der Waals surface area contributed by atoms with Gasteiger partial charge in [-0.1, -0.05) is 25.1 Å². The number of carbonyl (C=O) groups is 1. The molecule has 7 heteroatoms. The molecular formula is C26H37N3O4. The standard InChI is InChI=1S/C26H37N3O4/c1-3-14-32-23-7-4-5-8-24(23)33-15-10-28-19(2)16-20-17-21-9-12-29(11-6-13-30)25(21)22(18-20)26(27)31/h4-5,7-8,17-19,28,30H,3,6,9-16H2,1-2H3,(H2,27,31)/t19-/m1/s1. The van der Waals surface area contributed by atoms with Crippen LogP contribution in [0.25, 0.3) is 0 Å². The van der Waals surface area contributed by atoms with Gasteiger partial charge < -0.3 is 30.5 Å².